The average molecular weight is 1990 g/mol. The summed E-state index contributed by atoms with van der Waals surface area (Å²) < 4.78 is 134. The van der Waals surface area contributed by atoms with Crippen LogP contribution in [0.3, 0.4) is 0 Å². The molecule has 0 bridgehead atoms. The van der Waals surface area contributed by atoms with E-state index >= 15 is 0 Å². The summed E-state index contributed by atoms with van der Waals surface area (Å²) in [6.07, 6.45) is -3.41. The van der Waals surface area contributed by atoms with Gasteiger partial charge in [-0.1, -0.05) is 158 Å². The summed E-state index contributed by atoms with van der Waals surface area (Å²) >= 11 is 3.24. The third-order valence-electron chi connectivity index (χ3n) is 25.4. The van der Waals surface area contributed by atoms with Crippen molar-refractivity contribution in [1.82, 2.24) is 50.1 Å². The molecule has 142 heavy (non-hydrogen) atoms. The Bertz CT molecular complexity index is 6660. The van der Waals surface area contributed by atoms with Gasteiger partial charge in [-0.05, 0) is 210 Å². The van der Waals surface area contributed by atoms with Crippen molar-refractivity contribution >= 4 is 98.1 Å². The smallest absolute Gasteiger partial charge is 0.369 e. The lowest BCUT2D eigenvalue weighted by Crippen LogP contribution is -2.54. The number of rotatable bonds is 21. The van der Waals surface area contributed by atoms with Crippen LogP contribution in [-0.2, 0) is 83.9 Å². The summed E-state index contributed by atoms with van der Waals surface area (Å²) in [6, 6.07) is 63.3. The van der Waals surface area contributed by atoms with Crippen LogP contribution in [0.15, 0.2) is 272 Å². The van der Waals surface area contributed by atoms with Gasteiger partial charge in [-0.2, -0.15) is 31.6 Å². The summed E-state index contributed by atoms with van der Waals surface area (Å²) in [6.45, 7) is 11.1. The molecule has 0 saturated heterocycles. The van der Waals surface area contributed by atoms with Crippen LogP contribution in [0.25, 0.3) is 21.2 Å². The van der Waals surface area contributed by atoms with E-state index in [1.54, 1.807) is 46.0 Å². The van der Waals surface area contributed by atoms with Crippen molar-refractivity contribution in [3.05, 3.63) is 343 Å². The zero-order chi connectivity index (χ0) is 103. The number of urea groups is 1. The van der Waals surface area contributed by atoms with Crippen LogP contribution in [0, 0.1) is 40.5 Å². The van der Waals surface area contributed by atoms with Crippen molar-refractivity contribution in [1.29, 1.82) is 5.26 Å². The van der Waals surface area contributed by atoms with Gasteiger partial charge in [0.1, 0.15) is 16.6 Å². The lowest BCUT2D eigenvalue weighted by atomic mass is 9.74. The van der Waals surface area contributed by atoms with Crippen molar-refractivity contribution < 1.29 is 72.7 Å². The largest absolute Gasteiger partial charge is 0.416 e. The number of likely N-dealkylation sites (N-methyl/N-ethyl adjacent to an activating group) is 2. The zero-order valence-electron chi connectivity index (χ0n) is 78.7. The van der Waals surface area contributed by atoms with Gasteiger partial charge in [-0.25, -0.2) is 47.3 Å². The first-order valence-electron chi connectivity index (χ1n) is 44.9. The Kier molecular flexibility index (Phi) is 31.5. The molecule has 12 N–H and O–H groups in total. The number of nitriles is 1. The number of aromatic nitrogens is 3. The van der Waals surface area contributed by atoms with Gasteiger partial charge in [0.05, 0.1) is 58.2 Å². The minimum Gasteiger partial charge on any atom is -0.369 e. The lowest BCUT2D eigenvalue weighted by molar-refractivity contribution is -0.138. The molecule has 3 aromatic heterocycles. The molecule has 738 valence electrons. The number of fused-ring (bicyclic) bond motifs is 1. The highest BCUT2D eigenvalue weighted by molar-refractivity contribution is 7.17. The highest BCUT2D eigenvalue weighted by Gasteiger charge is 2.53. The number of unbranched alkanes of at least 4 members (excludes halogenated alkanes) is 1. The second kappa shape index (κ2) is 43.1. The van der Waals surface area contributed by atoms with Crippen molar-refractivity contribution in [2.75, 3.05) is 47.3 Å². The predicted octanol–water partition coefficient (Wildman–Crippen LogP) is 16.3. The number of carbonyl (C=O) groups excluding carboxylic acids is 6. The maximum absolute atomic E-state index is 13.8. The van der Waals surface area contributed by atoms with Crippen molar-refractivity contribution in [2.45, 2.75) is 125 Å². The Balaban J connectivity index is 0.000000149. The van der Waals surface area contributed by atoms with Gasteiger partial charge < -0.3 is 39.3 Å². The number of hydrogen-bond acceptors (Lipinski definition) is 21. The molecule has 0 radical (unpaired) electrons. The van der Waals surface area contributed by atoms with Crippen LogP contribution in [0.5, 0.6) is 0 Å². The Morgan fingerprint density at radius 3 is 1.51 bits per heavy atom. The van der Waals surface area contributed by atoms with E-state index in [9.17, 15) is 77.9 Å². The molecule has 5 aliphatic rings. The minimum atomic E-state index is -4.53. The number of nitrogens with one attached hydrogen (secondary N) is 2. The van der Waals surface area contributed by atoms with Crippen LogP contribution < -0.4 is 39.3 Å². The number of alkyl halides is 6. The number of amides is 7. The van der Waals surface area contributed by atoms with Gasteiger partial charge >= 0.3 is 18.4 Å². The van der Waals surface area contributed by atoms with E-state index in [2.05, 4.69) is 83.8 Å². The number of halogens is 10. The number of benzene rings is 9. The maximum Gasteiger partial charge on any atom is 0.416 e. The molecule has 7 atom stereocenters. The number of nitrogens with two attached hydrogens (primary N) is 5. The van der Waals surface area contributed by atoms with Crippen LogP contribution in [0.4, 0.5) is 48.7 Å². The summed E-state index contributed by atoms with van der Waals surface area (Å²) in [4.78, 5) is 107. The SMILES string of the molecule is CCCNC(=O)NCCCCN1C(=O)C(c2ccccc2)(c2ccccc2)N=C1N.CN1C(=O)C(Cc2cn(C)nn2)[C@@](C)(c2cc(-c3cccc(C#N)c3)cs2)N=C1N.CN1C(=O)[C@@H](c2ccc(C(F)(F)F)cc2)[C@@](C)(c2ccc(F)c(F)c2)N=C1N.CN1C(=O)[C@H](c2ccc(C(F)(F)F)cc2)[C@@](C)(c2ccc(F)c(F)c2)N=C1N.C[C@@]1(c2ccc3sccc3c2)CC(=O)N(CCc2ccccc2)C(N)=N1. The van der Waals surface area contributed by atoms with Gasteiger partial charge in [0.25, 0.3) is 5.91 Å². The third-order valence-corrected chi connectivity index (χ3v) is 27.5. The van der Waals surface area contributed by atoms with E-state index < -0.39 is 104 Å². The van der Waals surface area contributed by atoms with Crippen LogP contribution in [0.1, 0.15) is 144 Å². The summed E-state index contributed by atoms with van der Waals surface area (Å²) in [7, 11) is 6.19. The van der Waals surface area contributed by atoms with E-state index in [1.165, 1.54) is 96.2 Å². The van der Waals surface area contributed by atoms with Crippen molar-refractivity contribution in [2.24, 2.45) is 66.6 Å². The fourth-order valence-corrected chi connectivity index (χ4v) is 19.2. The number of carbonyl (C=O) groups is 6. The molecule has 17 rings (SSSR count). The van der Waals surface area contributed by atoms with E-state index in [1.807, 2.05) is 135 Å². The first-order valence-corrected chi connectivity index (χ1v) is 46.7. The maximum atomic E-state index is 13.8. The molecule has 0 fully saturated rings. The molecular formula is C103H103F10N21O6S2. The number of aryl methyl sites for hydroxylation is 1. The number of thiophene rings is 2. The van der Waals surface area contributed by atoms with E-state index in [0.29, 0.717) is 57.0 Å². The highest BCUT2D eigenvalue weighted by Crippen LogP contribution is 2.50. The third kappa shape index (κ3) is 22.5. The molecule has 0 spiro atoms. The normalized spacial score (nSPS) is 20.5. The second-order valence-electron chi connectivity index (χ2n) is 35.1. The topological polar surface area (TPSA) is 389 Å². The van der Waals surface area contributed by atoms with Gasteiger partial charge in [0, 0.05) is 76.6 Å². The Morgan fingerprint density at radius 2 is 1.01 bits per heavy atom. The second-order valence-corrected chi connectivity index (χ2v) is 36.9. The molecular weight excluding hydrogens is 1880 g/mol. The quantitative estimate of drug-likeness (QED) is 0.0260. The average Bonchev–Trinajstić information content (AvgIpc) is 1.14. The van der Waals surface area contributed by atoms with Gasteiger partial charge in [0.2, 0.25) is 23.6 Å². The molecule has 9 aromatic carbocycles. The highest BCUT2D eigenvalue weighted by atomic mass is 32.1. The Labute approximate surface area is 820 Å². The van der Waals surface area contributed by atoms with Crippen LogP contribution in [-0.4, -0.2) is 152 Å². The van der Waals surface area contributed by atoms with Gasteiger partial charge in [-0.15, -0.1) is 27.8 Å². The number of nitrogens with zero attached hydrogens (tertiary/aromatic N) is 14. The molecule has 7 amide bonds. The molecule has 39 heteroatoms. The van der Waals surface area contributed by atoms with Gasteiger partial charge in [-0.3, -0.25) is 53.2 Å². The molecule has 27 nitrogen and oxygen atoms in total. The van der Waals surface area contributed by atoms with E-state index in [4.69, 9.17) is 38.7 Å². The first-order chi connectivity index (χ1) is 67.3. The number of guanidine groups is 5. The fraction of sp³-hybridized carbons (Fsp3) is 0.282. The molecule has 0 aliphatic carbocycles. The zero-order valence-corrected chi connectivity index (χ0v) is 80.3. The summed E-state index contributed by atoms with van der Waals surface area (Å²) in [5.74, 6) is -7.88. The van der Waals surface area contributed by atoms with E-state index in [-0.39, 0.29) is 69.8 Å². The van der Waals surface area contributed by atoms with Crippen molar-refractivity contribution in [3.63, 3.8) is 0 Å². The lowest BCUT2D eigenvalue weighted by Gasteiger charge is -2.41. The van der Waals surface area contributed by atoms with Crippen LogP contribution in [0.2, 0.25) is 0 Å². The first kappa shape index (κ1) is 104. The van der Waals surface area contributed by atoms with Crippen molar-refractivity contribution in [3.8, 4) is 17.2 Å². The standard InChI is InChI=1S/C23H29N5O2.C21H21N7OS.C21H21N3OS.2C19H16F5N3O/c1-2-15-25-22(30)26-16-9-10-17-28-20(29)23(27-21(28)24,18-11-5-3-6-12-18)19-13-7-4-8-14-19;1-21(18-8-15(12-30-18)14-6-4-5-13(7-14)10-22)17(9-16-11-27(2)26-25-16)19(29)28(3)20(23)24-21;1-21(17-7-8-18-16(13-17)10-12-26-18)14-19(25)24(20(22)23-21)11-9-15-5-3-2-4-6-15;2*1-18(12-7-8-13(20)14(21)9-12)15(16(28)27(2)17(25)26-18)10-3-5-11(6-4-10)19(22,23)24/h3-8,11-14H,2,9-10,15-17H2,1H3,(H2,24,27)(H2,25,26,30);4-8,11-12,17H,9H2,1-3H3,(H2,23,24);2-8,10,12-13H,9,11,14H2,1H3,(H2,22,23);2*3-9,15H,1-2H3,(H2,25,26)/t;17?,21-;21-;15-,18+;15-,18-/m.0001/s1. The summed E-state index contributed by atoms with van der Waals surface area (Å²) in [5, 5.41) is 28.2. The molecule has 12 aromatic rings. The van der Waals surface area contributed by atoms with Crippen LogP contribution >= 0.6 is 22.7 Å². The monoisotopic (exact) mass is 1980 g/mol. The molecule has 5 aliphatic heterocycles. The number of hydrogen-bond donors (Lipinski definition) is 7. The fourth-order valence-electron chi connectivity index (χ4n) is 17.4. The molecule has 0 saturated carbocycles. The summed E-state index contributed by atoms with van der Waals surface area (Å²) in [5.41, 5.74) is 30.8. The molecule has 8 heterocycles. The number of aliphatic imine (C=N–C) groups is 5. The van der Waals surface area contributed by atoms with Gasteiger partial charge in [0.15, 0.2) is 58.6 Å². The van der Waals surface area contributed by atoms with E-state index in [0.717, 1.165) is 116 Å². The minimum absolute atomic E-state index is 0.0290. The Morgan fingerprint density at radius 1 is 0.500 bits per heavy atom. The Hall–Kier alpha value is -15.5. The molecule has 1 unspecified atom stereocenters. The predicted molar refractivity (Wildman–Crippen MR) is 524 cm³/mol.